The molecule has 1 aliphatic heterocycles. The van der Waals surface area contributed by atoms with Gasteiger partial charge >= 0.3 is 0 Å². The van der Waals surface area contributed by atoms with Gasteiger partial charge in [0, 0.05) is 25.7 Å². The van der Waals surface area contributed by atoms with E-state index < -0.39 is 10.0 Å². The van der Waals surface area contributed by atoms with Crippen molar-refractivity contribution in [2.75, 3.05) is 18.4 Å². The van der Waals surface area contributed by atoms with Crippen LogP contribution in [-0.4, -0.2) is 38.7 Å². The van der Waals surface area contributed by atoms with Crippen LogP contribution in [0, 0.1) is 0 Å². The van der Waals surface area contributed by atoms with Crippen LogP contribution in [0.2, 0.25) is 0 Å². The molecule has 1 heterocycles. The van der Waals surface area contributed by atoms with Gasteiger partial charge in [0.15, 0.2) is 0 Å². The van der Waals surface area contributed by atoms with Gasteiger partial charge in [0.2, 0.25) is 5.91 Å². The Hall–Kier alpha value is -1.89. The van der Waals surface area contributed by atoms with Gasteiger partial charge in [-0.2, -0.15) is 8.42 Å². The molecule has 0 unspecified atom stereocenters. The average molecular weight is 295 g/mol. The normalized spacial score (nSPS) is 15.8. The molecule has 1 N–H and O–H groups in total. The fourth-order valence-electron chi connectivity index (χ4n) is 1.96. The number of sulfonamides is 1. The van der Waals surface area contributed by atoms with Crippen molar-refractivity contribution in [2.24, 2.45) is 4.40 Å². The third kappa shape index (κ3) is 3.80. The molecule has 0 bridgehead atoms. The first-order chi connectivity index (χ1) is 9.47. The van der Waals surface area contributed by atoms with E-state index in [4.69, 9.17) is 0 Å². The minimum absolute atomic E-state index is 0.113. The van der Waals surface area contributed by atoms with Crippen LogP contribution in [0.15, 0.2) is 33.6 Å². The molecule has 0 aliphatic carbocycles. The van der Waals surface area contributed by atoms with E-state index in [9.17, 15) is 13.2 Å². The minimum atomic E-state index is -3.68. The summed E-state index contributed by atoms with van der Waals surface area (Å²) >= 11 is 0. The number of hydrogen-bond acceptors (Lipinski definition) is 3. The standard InChI is InChI=1S/C13H17N3O3S/c1-11(17)15-12-4-6-13(7-5-12)20(18,19)14-10-16-8-2-3-9-16/h4-7,10H,2-3,8-9H2,1H3,(H,15,17). The number of carbonyl (C=O) groups excluding carboxylic acids is 1. The fourth-order valence-corrected chi connectivity index (χ4v) is 2.82. The number of benzene rings is 1. The van der Waals surface area contributed by atoms with Crippen LogP contribution in [0.5, 0.6) is 0 Å². The van der Waals surface area contributed by atoms with Crippen LogP contribution in [0.3, 0.4) is 0 Å². The lowest BCUT2D eigenvalue weighted by atomic mass is 10.3. The first-order valence-corrected chi connectivity index (χ1v) is 7.83. The zero-order chi connectivity index (χ0) is 14.6. The number of carbonyl (C=O) groups is 1. The molecule has 0 spiro atoms. The lowest BCUT2D eigenvalue weighted by molar-refractivity contribution is -0.114. The molecule has 2 rings (SSSR count). The second kappa shape index (κ2) is 6.04. The molecule has 1 saturated heterocycles. The zero-order valence-corrected chi connectivity index (χ0v) is 12.1. The molecule has 6 nitrogen and oxygen atoms in total. The van der Waals surface area contributed by atoms with E-state index in [1.165, 1.54) is 25.4 Å². The average Bonchev–Trinajstić information content (AvgIpc) is 2.89. The Kier molecular flexibility index (Phi) is 4.39. The van der Waals surface area contributed by atoms with Crippen molar-refractivity contribution in [1.82, 2.24) is 4.90 Å². The molecule has 1 aliphatic rings. The number of nitrogens with zero attached hydrogens (tertiary/aromatic N) is 2. The fraction of sp³-hybridized carbons (Fsp3) is 0.385. The number of rotatable bonds is 4. The maximum absolute atomic E-state index is 12.0. The summed E-state index contributed by atoms with van der Waals surface area (Å²) < 4.78 is 27.7. The van der Waals surface area contributed by atoms with Crippen LogP contribution >= 0.6 is 0 Å². The van der Waals surface area contributed by atoms with Crippen molar-refractivity contribution in [1.29, 1.82) is 0 Å². The Morgan fingerprint density at radius 1 is 1.25 bits per heavy atom. The van der Waals surface area contributed by atoms with Gasteiger partial charge in [0.25, 0.3) is 10.0 Å². The van der Waals surface area contributed by atoms with E-state index in [0.29, 0.717) is 5.69 Å². The summed E-state index contributed by atoms with van der Waals surface area (Å²) in [6.07, 6.45) is 3.53. The highest BCUT2D eigenvalue weighted by molar-refractivity contribution is 7.90. The predicted octanol–water partition coefficient (Wildman–Crippen LogP) is 1.46. The van der Waals surface area contributed by atoms with Crippen LogP contribution in [-0.2, 0) is 14.8 Å². The summed E-state index contributed by atoms with van der Waals surface area (Å²) in [5.74, 6) is -0.201. The van der Waals surface area contributed by atoms with E-state index >= 15 is 0 Å². The number of amides is 1. The molecule has 0 radical (unpaired) electrons. The van der Waals surface area contributed by atoms with Crippen LogP contribution in [0.4, 0.5) is 5.69 Å². The number of nitrogens with one attached hydrogen (secondary N) is 1. The SMILES string of the molecule is CC(=O)Nc1ccc(S(=O)(=O)N=CN2CCCC2)cc1. The van der Waals surface area contributed by atoms with E-state index in [1.54, 1.807) is 12.1 Å². The molecule has 0 atom stereocenters. The van der Waals surface area contributed by atoms with E-state index in [0.717, 1.165) is 25.9 Å². The zero-order valence-electron chi connectivity index (χ0n) is 11.2. The molecular weight excluding hydrogens is 278 g/mol. The number of likely N-dealkylation sites (tertiary alicyclic amines) is 1. The Morgan fingerprint density at radius 3 is 2.40 bits per heavy atom. The first kappa shape index (κ1) is 14.5. The highest BCUT2D eigenvalue weighted by atomic mass is 32.2. The summed E-state index contributed by atoms with van der Waals surface area (Å²) in [6.45, 7) is 3.09. The monoisotopic (exact) mass is 295 g/mol. The maximum Gasteiger partial charge on any atom is 0.283 e. The predicted molar refractivity (Wildman–Crippen MR) is 77.2 cm³/mol. The van der Waals surface area contributed by atoms with E-state index in [-0.39, 0.29) is 10.8 Å². The van der Waals surface area contributed by atoms with Crippen LogP contribution in [0.25, 0.3) is 0 Å². The Balaban J connectivity index is 2.10. The summed E-state index contributed by atoms with van der Waals surface area (Å²) in [6, 6.07) is 5.95. The van der Waals surface area contributed by atoms with Crippen molar-refractivity contribution in [3.8, 4) is 0 Å². The van der Waals surface area contributed by atoms with Crippen LogP contribution in [0.1, 0.15) is 19.8 Å². The molecule has 1 fully saturated rings. The van der Waals surface area contributed by atoms with Crippen molar-refractivity contribution in [2.45, 2.75) is 24.7 Å². The van der Waals surface area contributed by atoms with Crippen molar-refractivity contribution >= 4 is 28.0 Å². The number of anilines is 1. The van der Waals surface area contributed by atoms with Gasteiger partial charge in [-0.3, -0.25) is 4.79 Å². The number of hydrogen-bond donors (Lipinski definition) is 1. The Labute approximate surface area is 118 Å². The molecule has 7 heteroatoms. The van der Waals surface area contributed by atoms with Gasteiger partial charge in [-0.1, -0.05) is 0 Å². The highest BCUT2D eigenvalue weighted by Gasteiger charge is 2.14. The van der Waals surface area contributed by atoms with Gasteiger partial charge in [-0.05, 0) is 37.1 Å². The smallest absolute Gasteiger partial charge is 0.283 e. The summed E-state index contributed by atoms with van der Waals surface area (Å²) in [4.78, 5) is 12.9. The molecule has 0 aromatic heterocycles. The van der Waals surface area contributed by atoms with E-state index in [2.05, 4.69) is 9.71 Å². The van der Waals surface area contributed by atoms with Gasteiger partial charge in [0.1, 0.15) is 6.34 Å². The molecule has 20 heavy (non-hydrogen) atoms. The molecule has 0 saturated carbocycles. The largest absolute Gasteiger partial charge is 0.362 e. The highest BCUT2D eigenvalue weighted by Crippen LogP contribution is 2.16. The lowest BCUT2D eigenvalue weighted by Gasteiger charge is -2.09. The summed E-state index contributed by atoms with van der Waals surface area (Å²) in [5.41, 5.74) is 0.556. The second-order valence-electron chi connectivity index (χ2n) is 4.64. The Morgan fingerprint density at radius 2 is 1.85 bits per heavy atom. The van der Waals surface area contributed by atoms with Crippen molar-refractivity contribution in [3.05, 3.63) is 24.3 Å². The third-order valence-corrected chi connectivity index (χ3v) is 4.20. The molecule has 1 aromatic carbocycles. The van der Waals surface area contributed by atoms with Gasteiger partial charge in [0.05, 0.1) is 4.90 Å². The Bertz CT molecular complexity index is 602. The lowest BCUT2D eigenvalue weighted by Crippen LogP contribution is -2.17. The van der Waals surface area contributed by atoms with Gasteiger partial charge in [-0.15, -0.1) is 4.40 Å². The second-order valence-corrected chi connectivity index (χ2v) is 6.28. The van der Waals surface area contributed by atoms with Crippen molar-refractivity contribution < 1.29 is 13.2 Å². The topological polar surface area (TPSA) is 78.8 Å². The molecule has 1 amide bonds. The third-order valence-electron chi connectivity index (χ3n) is 2.96. The maximum atomic E-state index is 12.0. The van der Waals surface area contributed by atoms with Crippen LogP contribution < -0.4 is 5.32 Å². The van der Waals surface area contributed by atoms with Gasteiger partial charge in [-0.25, -0.2) is 0 Å². The quantitative estimate of drug-likeness (QED) is 0.673. The first-order valence-electron chi connectivity index (χ1n) is 6.39. The molecular formula is C13H17N3O3S. The minimum Gasteiger partial charge on any atom is -0.362 e. The van der Waals surface area contributed by atoms with E-state index in [1.807, 2.05) is 4.90 Å². The van der Waals surface area contributed by atoms with Gasteiger partial charge < -0.3 is 10.2 Å². The summed E-state index contributed by atoms with van der Waals surface area (Å²) in [7, 11) is -3.68. The summed E-state index contributed by atoms with van der Waals surface area (Å²) in [5, 5.41) is 2.58. The van der Waals surface area contributed by atoms with Crippen molar-refractivity contribution in [3.63, 3.8) is 0 Å². The molecule has 1 aromatic rings. The molecule has 108 valence electrons.